The van der Waals surface area contributed by atoms with E-state index in [9.17, 15) is 0 Å². The Morgan fingerprint density at radius 2 is 2.16 bits per heavy atom. The second-order valence-electron chi connectivity index (χ2n) is 4.60. The van der Waals surface area contributed by atoms with Gasteiger partial charge in [0.25, 0.3) is 0 Å². The van der Waals surface area contributed by atoms with E-state index in [-0.39, 0.29) is 6.10 Å². The van der Waals surface area contributed by atoms with E-state index in [1.165, 1.54) is 0 Å². The van der Waals surface area contributed by atoms with Crippen LogP contribution in [0, 0.1) is 0 Å². The highest BCUT2D eigenvalue weighted by Crippen LogP contribution is 2.19. The van der Waals surface area contributed by atoms with Crippen LogP contribution in [0.25, 0.3) is 0 Å². The second kappa shape index (κ2) is 8.75. The highest BCUT2D eigenvalue weighted by Gasteiger charge is 2.03. The Bertz CT molecular complexity index is 395. The van der Waals surface area contributed by atoms with Gasteiger partial charge in [-0.2, -0.15) is 0 Å². The monoisotopic (exact) mass is 280 g/mol. The molecule has 1 aromatic carbocycles. The predicted octanol–water partition coefficient (Wildman–Crippen LogP) is 3.95. The van der Waals surface area contributed by atoms with E-state index in [0.29, 0.717) is 5.11 Å². The summed E-state index contributed by atoms with van der Waals surface area (Å²) >= 11 is 5.24. The number of ether oxygens (including phenoxy) is 1. The normalized spacial score (nSPS) is 11.7. The lowest BCUT2D eigenvalue weighted by atomic mass is 10.3. The summed E-state index contributed by atoms with van der Waals surface area (Å²) in [5, 5.41) is 7.02. The molecule has 2 N–H and O–H groups in total. The van der Waals surface area contributed by atoms with Crippen molar-refractivity contribution < 1.29 is 4.74 Å². The van der Waals surface area contributed by atoms with Crippen LogP contribution >= 0.6 is 12.2 Å². The van der Waals surface area contributed by atoms with Gasteiger partial charge in [0.05, 0.1) is 6.10 Å². The summed E-state index contributed by atoms with van der Waals surface area (Å²) in [4.78, 5) is 0. The Morgan fingerprint density at radius 1 is 1.37 bits per heavy atom. The van der Waals surface area contributed by atoms with Gasteiger partial charge in [-0.3, -0.25) is 0 Å². The molecule has 1 unspecified atom stereocenters. The lowest BCUT2D eigenvalue weighted by Gasteiger charge is -2.14. The van der Waals surface area contributed by atoms with Gasteiger partial charge in [-0.1, -0.05) is 26.3 Å². The topological polar surface area (TPSA) is 33.3 Å². The molecule has 0 saturated heterocycles. The number of anilines is 1. The van der Waals surface area contributed by atoms with Crippen molar-refractivity contribution in [1.29, 1.82) is 0 Å². The van der Waals surface area contributed by atoms with Crippen LogP contribution in [0.4, 0.5) is 5.69 Å². The molecule has 0 radical (unpaired) electrons. The molecule has 0 heterocycles. The van der Waals surface area contributed by atoms with Crippen LogP contribution in [0.3, 0.4) is 0 Å². The largest absolute Gasteiger partial charge is 0.491 e. The van der Waals surface area contributed by atoms with E-state index in [0.717, 1.165) is 37.2 Å². The molecule has 0 bridgehead atoms. The minimum atomic E-state index is 0.227. The van der Waals surface area contributed by atoms with Crippen molar-refractivity contribution in [3.8, 4) is 5.75 Å². The molecule has 3 nitrogen and oxygen atoms in total. The number of benzene rings is 1. The number of thiocarbonyl (C=S) groups is 1. The molecule has 0 saturated carbocycles. The van der Waals surface area contributed by atoms with Crippen LogP contribution in [0.5, 0.6) is 5.75 Å². The number of hydrogen-bond acceptors (Lipinski definition) is 2. The minimum absolute atomic E-state index is 0.227. The highest BCUT2D eigenvalue weighted by molar-refractivity contribution is 7.80. The predicted molar refractivity (Wildman–Crippen MR) is 86.0 cm³/mol. The molecule has 4 heteroatoms. The summed E-state index contributed by atoms with van der Waals surface area (Å²) in [5.74, 6) is 0.871. The number of hydrogen-bond donors (Lipinski definition) is 2. The Labute approximate surface area is 121 Å². The van der Waals surface area contributed by atoms with Crippen molar-refractivity contribution in [3.05, 3.63) is 24.3 Å². The molecular formula is C15H24N2OS. The average molecular weight is 280 g/mol. The molecule has 0 aliphatic heterocycles. The van der Waals surface area contributed by atoms with Crippen LogP contribution < -0.4 is 15.4 Å². The molecular weight excluding hydrogens is 256 g/mol. The fraction of sp³-hybridized carbons (Fsp3) is 0.533. The van der Waals surface area contributed by atoms with E-state index in [1.54, 1.807) is 0 Å². The van der Waals surface area contributed by atoms with E-state index in [1.807, 2.05) is 24.3 Å². The van der Waals surface area contributed by atoms with E-state index in [4.69, 9.17) is 17.0 Å². The van der Waals surface area contributed by atoms with E-state index in [2.05, 4.69) is 31.4 Å². The summed E-state index contributed by atoms with van der Waals surface area (Å²) in [6.45, 7) is 7.25. The molecule has 19 heavy (non-hydrogen) atoms. The lowest BCUT2D eigenvalue weighted by Crippen LogP contribution is -2.29. The van der Waals surface area contributed by atoms with Crippen molar-refractivity contribution in [1.82, 2.24) is 5.32 Å². The van der Waals surface area contributed by atoms with Crippen LogP contribution in [0.1, 0.15) is 40.0 Å². The fourth-order valence-electron chi connectivity index (χ4n) is 1.52. The van der Waals surface area contributed by atoms with Crippen LogP contribution in [0.15, 0.2) is 24.3 Å². The molecule has 0 amide bonds. The van der Waals surface area contributed by atoms with Crippen molar-refractivity contribution in [3.63, 3.8) is 0 Å². The fourth-order valence-corrected chi connectivity index (χ4v) is 1.74. The van der Waals surface area contributed by atoms with Gasteiger partial charge in [-0.15, -0.1) is 0 Å². The first-order valence-corrected chi connectivity index (χ1v) is 7.38. The molecule has 0 aromatic heterocycles. The third-order valence-corrected chi connectivity index (χ3v) is 3.07. The maximum atomic E-state index is 5.78. The molecule has 1 rings (SSSR count). The van der Waals surface area contributed by atoms with Crippen molar-refractivity contribution in [2.24, 2.45) is 0 Å². The Balaban J connectivity index is 2.49. The lowest BCUT2D eigenvalue weighted by molar-refractivity contribution is 0.217. The zero-order valence-electron chi connectivity index (χ0n) is 12.0. The number of rotatable bonds is 7. The van der Waals surface area contributed by atoms with Crippen LogP contribution in [0.2, 0.25) is 0 Å². The molecule has 1 aromatic rings. The Hall–Kier alpha value is -1.29. The summed E-state index contributed by atoms with van der Waals surface area (Å²) in [6.07, 6.45) is 3.51. The maximum absolute atomic E-state index is 5.78. The van der Waals surface area contributed by atoms with Gasteiger partial charge in [0, 0.05) is 18.3 Å². The molecule has 0 fully saturated rings. The summed E-state index contributed by atoms with van der Waals surface area (Å²) in [7, 11) is 0. The molecule has 0 aliphatic carbocycles. The van der Waals surface area contributed by atoms with Crippen molar-refractivity contribution in [2.45, 2.75) is 46.1 Å². The van der Waals surface area contributed by atoms with E-state index >= 15 is 0 Å². The first-order chi connectivity index (χ1) is 9.15. The third kappa shape index (κ3) is 6.43. The molecule has 0 spiro atoms. The van der Waals surface area contributed by atoms with Gasteiger partial charge in [0.2, 0.25) is 0 Å². The minimum Gasteiger partial charge on any atom is -0.491 e. The first-order valence-electron chi connectivity index (χ1n) is 6.97. The number of unbranched alkanes of at least 4 members (excludes halogenated alkanes) is 1. The van der Waals surface area contributed by atoms with Crippen molar-refractivity contribution in [2.75, 3.05) is 11.9 Å². The second-order valence-corrected chi connectivity index (χ2v) is 5.01. The summed E-state index contributed by atoms with van der Waals surface area (Å²) in [6, 6.07) is 7.89. The maximum Gasteiger partial charge on any atom is 0.170 e. The van der Waals surface area contributed by atoms with Gasteiger partial charge in [0.1, 0.15) is 5.75 Å². The summed E-state index contributed by atoms with van der Waals surface area (Å²) in [5.41, 5.74) is 0.954. The van der Waals surface area contributed by atoms with Gasteiger partial charge in [-0.05, 0) is 44.1 Å². The number of nitrogens with one attached hydrogen (secondary N) is 2. The Morgan fingerprint density at radius 3 is 2.84 bits per heavy atom. The van der Waals surface area contributed by atoms with Gasteiger partial charge >= 0.3 is 0 Å². The SMILES string of the molecule is CCCCNC(=S)Nc1cccc(OC(C)CC)c1. The molecule has 1 atom stereocenters. The molecule has 106 valence electrons. The van der Waals surface area contributed by atoms with Gasteiger partial charge in [0.15, 0.2) is 5.11 Å². The van der Waals surface area contributed by atoms with Crippen molar-refractivity contribution >= 4 is 23.0 Å². The zero-order valence-corrected chi connectivity index (χ0v) is 12.8. The summed E-state index contributed by atoms with van der Waals surface area (Å²) < 4.78 is 5.78. The van der Waals surface area contributed by atoms with Crippen LogP contribution in [-0.4, -0.2) is 17.8 Å². The van der Waals surface area contributed by atoms with Gasteiger partial charge < -0.3 is 15.4 Å². The molecule has 0 aliphatic rings. The first kappa shape index (κ1) is 15.8. The Kier molecular flexibility index (Phi) is 7.26. The highest BCUT2D eigenvalue weighted by atomic mass is 32.1. The van der Waals surface area contributed by atoms with E-state index < -0.39 is 0 Å². The quantitative estimate of drug-likeness (QED) is 0.585. The smallest absolute Gasteiger partial charge is 0.170 e. The van der Waals surface area contributed by atoms with Crippen LogP contribution in [-0.2, 0) is 0 Å². The van der Waals surface area contributed by atoms with Gasteiger partial charge in [-0.25, -0.2) is 0 Å². The third-order valence-electron chi connectivity index (χ3n) is 2.82. The zero-order chi connectivity index (χ0) is 14.1. The standard InChI is InChI=1S/C15H24N2OS/c1-4-6-10-16-15(19)17-13-8-7-9-14(11-13)18-12(3)5-2/h7-9,11-12H,4-6,10H2,1-3H3,(H2,16,17,19). The average Bonchev–Trinajstić information content (AvgIpc) is 2.39.